The van der Waals surface area contributed by atoms with Crippen molar-refractivity contribution >= 4 is 17.7 Å². The normalized spacial score (nSPS) is 10.8. The van der Waals surface area contributed by atoms with E-state index in [-0.39, 0.29) is 5.56 Å². The molecule has 2 rings (SSSR count). The molecule has 4 nitrogen and oxygen atoms in total. The lowest BCUT2D eigenvalue weighted by molar-refractivity contribution is 0.0697. The second kappa shape index (κ2) is 6.05. The fourth-order valence-corrected chi connectivity index (χ4v) is 2.50. The molecule has 0 atom stereocenters. The van der Waals surface area contributed by atoms with E-state index >= 15 is 0 Å². The number of aromatic carboxylic acids is 1. The standard InChI is InChI=1S/C15H16N2O2S/c1-9(2)13-8-10(3)16-15(17-13)20-12-6-4-11(5-7-12)14(18)19/h4-9H,1-3H3,(H,18,19). The van der Waals surface area contributed by atoms with E-state index in [0.29, 0.717) is 11.1 Å². The summed E-state index contributed by atoms with van der Waals surface area (Å²) in [6.07, 6.45) is 0. The summed E-state index contributed by atoms with van der Waals surface area (Å²) < 4.78 is 0. The van der Waals surface area contributed by atoms with Gasteiger partial charge in [-0.2, -0.15) is 0 Å². The van der Waals surface area contributed by atoms with Crippen LogP contribution in [0.4, 0.5) is 0 Å². The summed E-state index contributed by atoms with van der Waals surface area (Å²) in [7, 11) is 0. The van der Waals surface area contributed by atoms with Crippen LogP contribution in [-0.2, 0) is 0 Å². The number of carboxylic acids is 1. The minimum Gasteiger partial charge on any atom is -0.478 e. The Kier molecular flexibility index (Phi) is 4.39. The van der Waals surface area contributed by atoms with Crippen molar-refractivity contribution in [1.82, 2.24) is 9.97 Å². The molecule has 0 saturated carbocycles. The summed E-state index contributed by atoms with van der Waals surface area (Å²) >= 11 is 1.44. The number of rotatable bonds is 4. The highest BCUT2D eigenvalue weighted by molar-refractivity contribution is 7.99. The van der Waals surface area contributed by atoms with Crippen molar-refractivity contribution in [3.05, 3.63) is 47.3 Å². The lowest BCUT2D eigenvalue weighted by Gasteiger charge is -2.08. The molecule has 1 aromatic carbocycles. The van der Waals surface area contributed by atoms with Gasteiger partial charge < -0.3 is 5.11 Å². The van der Waals surface area contributed by atoms with E-state index in [2.05, 4.69) is 23.8 Å². The molecular weight excluding hydrogens is 272 g/mol. The SMILES string of the molecule is Cc1cc(C(C)C)nc(Sc2ccc(C(=O)O)cc2)n1. The summed E-state index contributed by atoms with van der Waals surface area (Å²) in [6.45, 7) is 6.14. The first-order valence-electron chi connectivity index (χ1n) is 6.32. The maximum absolute atomic E-state index is 10.8. The van der Waals surface area contributed by atoms with Crippen LogP contribution in [0.25, 0.3) is 0 Å². The van der Waals surface area contributed by atoms with Gasteiger partial charge in [0.05, 0.1) is 5.56 Å². The van der Waals surface area contributed by atoms with E-state index < -0.39 is 5.97 Å². The van der Waals surface area contributed by atoms with Gasteiger partial charge in [-0.05, 0) is 54.9 Å². The first kappa shape index (κ1) is 14.5. The van der Waals surface area contributed by atoms with Crippen LogP contribution < -0.4 is 0 Å². The minimum absolute atomic E-state index is 0.280. The molecule has 20 heavy (non-hydrogen) atoms. The molecule has 0 spiro atoms. The average Bonchev–Trinajstić information content (AvgIpc) is 2.38. The minimum atomic E-state index is -0.921. The van der Waals surface area contributed by atoms with E-state index in [1.807, 2.05) is 13.0 Å². The molecular formula is C15H16N2O2S. The number of carboxylic acid groups (broad SMARTS) is 1. The van der Waals surface area contributed by atoms with Crippen molar-refractivity contribution in [2.75, 3.05) is 0 Å². The van der Waals surface area contributed by atoms with Crippen LogP contribution >= 0.6 is 11.8 Å². The topological polar surface area (TPSA) is 63.1 Å². The molecule has 1 heterocycles. The molecule has 104 valence electrons. The smallest absolute Gasteiger partial charge is 0.335 e. The van der Waals surface area contributed by atoms with E-state index in [9.17, 15) is 4.79 Å². The third kappa shape index (κ3) is 3.57. The molecule has 0 unspecified atom stereocenters. The van der Waals surface area contributed by atoms with E-state index in [1.165, 1.54) is 11.8 Å². The molecule has 0 bridgehead atoms. The third-order valence-electron chi connectivity index (χ3n) is 2.76. The highest BCUT2D eigenvalue weighted by atomic mass is 32.2. The fraction of sp³-hybridized carbons (Fsp3) is 0.267. The Morgan fingerprint density at radius 1 is 1.20 bits per heavy atom. The van der Waals surface area contributed by atoms with E-state index in [4.69, 9.17) is 5.11 Å². The van der Waals surface area contributed by atoms with Crippen LogP contribution in [0, 0.1) is 6.92 Å². The Hall–Kier alpha value is -1.88. The van der Waals surface area contributed by atoms with Gasteiger partial charge in [-0.1, -0.05) is 13.8 Å². The lowest BCUT2D eigenvalue weighted by atomic mass is 10.1. The molecule has 0 saturated heterocycles. The number of aromatic nitrogens is 2. The van der Waals surface area contributed by atoms with Crippen molar-refractivity contribution < 1.29 is 9.90 Å². The summed E-state index contributed by atoms with van der Waals surface area (Å²) in [5.74, 6) is -0.569. The van der Waals surface area contributed by atoms with E-state index in [1.54, 1.807) is 24.3 Å². The summed E-state index contributed by atoms with van der Waals surface area (Å²) in [5.41, 5.74) is 2.23. The molecule has 0 aliphatic heterocycles. The molecule has 2 aromatic rings. The van der Waals surface area contributed by atoms with Gasteiger partial charge in [-0.3, -0.25) is 0 Å². The van der Waals surface area contributed by atoms with Crippen molar-refractivity contribution in [1.29, 1.82) is 0 Å². The zero-order chi connectivity index (χ0) is 14.7. The van der Waals surface area contributed by atoms with Crippen LogP contribution in [0.3, 0.4) is 0 Å². The van der Waals surface area contributed by atoms with Gasteiger partial charge in [0.2, 0.25) is 0 Å². The van der Waals surface area contributed by atoms with Gasteiger partial charge in [-0.15, -0.1) is 0 Å². The monoisotopic (exact) mass is 288 g/mol. The second-order valence-electron chi connectivity index (χ2n) is 4.80. The van der Waals surface area contributed by atoms with Crippen molar-refractivity contribution in [2.45, 2.75) is 36.7 Å². The maximum Gasteiger partial charge on any atom is 0.335 e. The molecule has 0 aliphatic carbocycles. The quantitative estimate of drug-likeness (QED) is 0.868. The number of hydrogen-bond donors (Lipinski definition) is 1. The van der Waals surface area contributed by atoms with Crippen LogP contribution in [0.15, 0.2) is 40.4 Å². The Morgan fingerprint density at radius 2 is 1.85 bits per heavy atom. The van der Waals surface area contributed by atoms with Gasteiger partial charge in [0.15, 0.2) is 5.16 Å². The highest BCUT2D eigenvalue weighted by Gasteiger charge is 2.08. The van der Waals surface area contributed by atoms with Crippen LogP contribution in [0.5, 0.6) is 0 Å². The summed E-state index contributed by atoms with van der Waals surface area (Å²) in [4.78, 5) is 20.7. The van der Waals surface area contributed by atoms with Gasteiger partial charge in [0.25, 0.3) is 0 Å². The van der Waals surface area contributed by atoms with E-state index in [0.717, 1.165) is 16.3 Å². The third-order valence-corrected chi connectivity index (χ3v) is 3.63. The van der Waals surface area contributed by atoms with Crippen molar-refractivity contribution in [3.63, 3.8) is 0 Å². The maximum atomic E-state index is 10.8. The van der Waals surface area contributed by atoms with Gasteiger partial charge in [0.1, 0.15) is 0 Å². The zero-order valence-corrected chi connectivity index (χ0v) is 12.4. The van der Waals surface area contributed by atoms with Crippen molar-refractivity contribution in [2.24, 2.45) is 0 Å². The number of carbonyl (C=O) groups is 1. The van der Waals surface area contributed by atoms with Crippen LogP contribution in [-0.4, -0.2) is 21.0 Å². The highest BCUT2D eigenvalue weighted by Crippen LogP contribution is 2.26. The van der Waals surface area contributed by atoms with Gasteiger partial charge >= 0.3 is 5.97 Å². The molecule has 0 radical (unpaired) electrons. The number of nitrogens with zero attached hydrogens (tertiary/aromatic N) is 2. The molecule has 0 aliphatic rings. The first-order chi connectivity index (χ1) is 9.45. The Labute approximate surface area is 122 Å². The Bertz CT molecular complexity index is 624. The number of hydrogen-bond acceptors (Lipinski definition) is 4. The fourth-order valence-electron chi connectivity index (χ4n) is 1.68. The first-order valence-corrected chi connectivity index (χ1v) is 7.14. The van der Waals surface area contributed by atoms with Crippen molar-refractivity contribution in [3.8, 4) is 0 Å². The number of benzene rings is 1. The molecule has 1 N–H and O–H groups in total. The molecule has 0 amide bonds. The lowest BCUT2D eigenvalue weighted by Crippen LogP contribution is -1.99. The van der Waals surface area contributed by atoms with Gasteiger partial charge in [0, 0.05) is 16.3 Å². The average molecular weight is 288 g/mol. The van der Waals surface area contributed by atoms with Crippen LogP contribution in [0.2, 0.25) is 0 Å². The predicted molar refractivity (Wildman–Crippen MR) is 78.4 cm³/mol. The summed E-state index contributed by atoms with van der Waals surface area (Å²) in [6, 6.07) is 8.71. The second-order valence-corrected chi connectivity index (χ2v) is 5.84. The molecule has 1 aromatic heterocycles. The van der Waals surface area contributed by atoms with Crippen LogP contribution in [0.1, 0.15) is 41.5 Å². The molecule has 0 fully saturated rings. The number of aryl methyl sites for hydroxylation is 1. The zero-order valence-electron chi connectivity index (χ0n) is 11.6. The summed E-state index contributed by atoms with van der Waals surface area (Å²) in [5, 5.41) is 9.56. The molecule has 5 heteroatoms. The predicted octanol–water partition coefficient (Wildman–Crippen LogP) is 3.76. The Morgan fingerprint density at radius 3 is 2.40 bits per heavy atom. The Balaban J connectivity index is 2.23. The van der Waals surface area contributed by atoms with Gasteiger partial charge in [-0.25, -0.2) is 14.8 Å². The largest absolute Gasteiger partial charge is 0.478 e.